The van der Waals surface area contributed by atoms with Crippen LogP contribution >= 0.6 is 0 Å². The van der Waals surface area contributed by atoms with E-state index in [9.17, 15) is 17.6 Å². The second kappa shape index (κ2) is 11.0. The second-order valence-corrected chi connectivity index (χ2v) is 12.1. The maximum absolute atomic E-state index is 14.3. The van der Waals surface area contributed by atoms with Gasteiger partial charge in [-0.05, 0) is 80.7 Å². The lowest BCUT2D eigenvalue weighted by molar-refractivity contribution is -0.253. The molecule has 5 rings (SSSR count). The van der Waals surface area contributed by atoms with Crippen LogP contribution in [0.15, 0.2) is 35.2 Å². The van der Waals surface area contributed by atoms with Crippen molar-refractivity contribution in [2.45, 2.75) is 81.1 Å². The van der Waals surface area contributed by atoms with Gasteiger partial charge in [-0.25, -0.2) is 22.9 Å². The van der Waals surface area contributed by atoms with Gasteiger partial charge in [0.2, 0.25) is 10.0 Å². The number of benzene rings is 1. The fraction of sp³-hybridized carbons (Fsp3) is 0.556. The molecule has 2 saturated carbocycles. The van der Waals surface area contributed by atoms with Crippen LogP contribution in [-0.2, 0) is 21.3 Å². The maximum atomic E-state index is 14.3. The molecule has 1 aromatic carbocycles. The maximum Gasteiger partial charge on any atom is 0.257 e. The lowest BCUT2D eigenvalue weighted by atomic mass is 9.89. The number of carbonyl (C=O) groups is 1. The zero-order valence-electron chi connectivity index (χ0n) is 20.9. The molecule has 1 aromatic heterocycles. The van der Waals surface area contributed by atoms with E-state index >= 15 is 0 Å². The summed E-state index contributed by atoms with van der Waals surface area (Å²) < 4.78 is 37.6. The summed E-state index contributed by atoms with van der Waals surface area (Å²) in [6.07, 6.45) is 9.40. The lowest BCUT2D eigenvalue weighted by Gasteiger charge is -2.32. The Kier molecular flexibility index (Phi) is 7.78. The predicted molar refractivity (Wildman–Crippen MR) is 135 cm³/mol. The van der Waals surface area contributed by atoms with Gasteiger partial charge in [-0.15, -0.1) is 0 Å². The smallest absolute Gasteiger partial charge is 0.257 e. The van der Waals surface area contributed by atoms with Gasteiger partial charge in [0, 0.05) is 36.3 Å². The van der Waals surface area contributed by atoms with Gasteiger partial charge in [0.05, 0.1) is 4.90 Å². The van der Waals surface area contributed by atoms with E-state index in [1.165, 1.54) is 18.6 Å². The average Bonchev–Trinajstić information content (AvgIpc) is 3.74. The number of piperidine rings is 1. The first-order valence-electron chi connectivity index (χ1n) is 13.2. The SMILES string of the molecule is NS(=O)(=O)c1ccc(F)c(CC2CCN(C(=O)c3cc(OOC4CCCCC4)nc(C4CC4)c3)CC2)c1. The van der Waals surface area contributed by atoms with Crippen molar-refractivity contribution in [2.75, 3.05) is 13.1 Å². The Labute approximate surface area is 217 Å². The third kappa shape index (κ3) is 6.66. The Morgan fingerprint density at radius 1 is 1.03 bits per heavy atom. The van der Waals surface area contributed by atoms with Crippen molar-refractivity contribution in [3.8, 4) is 5.88 Å². The van der Waals surface area contributed by atoms with Crippen LogP contribution in [0.3, 0.4) is 0 Å². The Morgan fingerprint density at radius 3 is 2.43 bits per heavy atom. The summed E-state index contributed by atoms with van der Waals surface area (Å²) in [5.41, 5.74) is 1.75. The molecule has 37 heavy (non-hydrogen) atoms. The molecule has 3 aliphatic rings. The van der Waals surface area contributed by atoms with Crippen LogP contribution < -0.4 is 10.0 Å². The molecule has 8 nitrogen and oxygen atoms in total. The lowest BCUT2D eigenvalue weighted by Crippen LogP contribution is -2.39. The number of hydrogen-bond donors (Lipinski definition) is 1. The van der Waals surface area contributed by atoms with E-state index in [1.54, 1.807) is 6.07 Å². The molecule has 2 aromatic rings. The van der Waals surface area contributed by atoms with E-state index in [-0.39, 0.29) is 22.8 Å². The van der Waals surface area contributed by atoms with E-state index < -0.39 is 15.8 Å². The van der Waals surface area contributed by atoms with Crippen molar-refractivity contribution < 1.29 is 27.4 Å². The quantitative estimate of drug-likeness (QED) is 0.397. The normalized spacial score (nSPS) is 19.7. The van der Waals surface area contributed by atoms with Crippen molar-refractivity contribution in [1.29, 1.82) is 0 Å². The highest BCUT2D eigenvalue weighted by Crippen LogP contribution is 2.40. The minimum atomic E-state index is -3.90. The number of hydrogen-bond acceptors (Lipinski definition) is 6. The van der Waals surface area contributed by atoms with Gasteiger partial charge in [-0.3, -0.25) is 4.79 Å². The predicted octanol–water partition coefficient (Wildman–Crippen LogP) is 4.48. The second-order valence-electron chi connectivity index (χ2n) is 10.6. The van der Waals surface area contributed by atoms with E-state index in [2.05, 4.69) is 4.98 Å². The van der Waals surface area contributed by atoms with Gasteiger partial charge < -0.3 is 9.79 Å². The van der Waals surface area contributed by atoms with Gasteiger partial charge in [0.1, 0.15) is 11.9 Å². The van der Waals surface area contributed by atoms with E-state index in [1.807, 2.05) is 11.0 Å². The number of primary sulfonamides is 1. The molecule has 2 heterocycles. The topological polar surface area (TPSA) is 112 Å². The van der Waals surface area contributed by atoms with Gasteiger partial charge in [0.25, 0.3) is 11.8 Å². The number of nitrogens with two attached hydrogens (primary N) is 1. The van der Waals surface area contributed by atoms with Crippen molar-refractivity contribution in [3.05, 3.63) is 53.0 Å². The van der Waals surface area contributed by atoms with Crippen molar-refractivity contribution >= 4 is 15.9 Å². The molecule has 2 aliphatic carbocycles. The van der Waals surface area contributed by atoms with Crippen LogP contribution in [-0.4, -0.2) is 43.4 Å². The molecule has 3 fully saturated rings. The molecular weight excluding hydrogens is 497 g/mol. The van der Waals surface area contributed by atoms with Gasteiger partial charge in [0.15, 0.2) is 0 Å². The monoisotopic (exact) mass is 531 g/mol. The first-order valence-corrected chi connectivity index (χ1v) is 14.8. The van der Waals surface area contributed by atoms with Crippen LogP contribution in [0, 0.1) is 11.7 Å². The number of aromatic nitrogens is 1. The highest BCUT2D eigenvalue weighted by Gasteiger charge is 2.30. The summed E-state index contributed by atoms with van der Waals surface area (Å²) in [6, 6.07) is 7.17. The minimum absolute atomic E-state index is 0.0637. The molecule has 0 atom stereocenters. The molecule has 0 spiro atoms. The van der Waals surface area contributed by atoms with E-state index in [0.717, 1.165) is 50.3 Å². The molecule has 200 valence electrons. The number of sulfonamides is 1. The zero-order chi connectivity index (χ0) is 26.0. The molecule has 0 unspecified atom stereocenters. The summed E-state index contributed by atoms with van der Waals surface area (Å²) in [5, 5.41) is 5.20. The van der Waals surface area contributed by atoms with Gasteiger partial charge in [-0.1, -0.05) is 19.3 Å². The number of likely N-dealkylation sites (tertiary alicyclic amines) is 1. The van der Waals surface area contributed by atoms with Crippen LogP contribution in [0.25, 0.3) is 0 Å². The fourth-order valence-corrected chi connectivity index (χ4v) is 5.84. The van der Waals surface area contributed by atoms with Crippen LogP contribution in [0.5, 0.6) is 5.88 Å². The molecule has 0 radical (unpaired) electrons. The molecule has 10 heteroatoms. The van der Waals surface area contributed by atoms with Crippen LogP contribution in [0.1, 0.15) is 85.3 Å². The Bertz CT molecular complexity index is 1240. The zero-order valence-corrected chi connectivity index (χ0v) is 21.7. The highest BCUT2D eigenvalue weighted by molar-refractivity contribution is 7.89. The van der Waals surface area contributed by atoms with E-state index in [4.69, 9.17) is 14.9 Å². The number of carbonyl (C=O) groups excluding carboxylic acids is 1. The summed E-state index contributed by atoms with van der Waals surface area (Å²) in [7, 11) is -3.90. The van der Waals surface area contributed by atoms with Crippen molar-refractivity contribution in [1.82, 2.24) is 9.88 Å². The number of amides is 1. The first kappa shape index (κ1) is 26.1. The number of nitrogens with zero attached hydrogens (tertiary/aromatic N) is 2. The summed E-state index contributed by atoms with van der Waals surface area (Å²) in [4.78, 5) is 31.0. The van der Waals surface area contributed by atoms with E-state index in [0.29, 0.717) is 55.3 Å². The third-order valence-electron chi connectivity index (χ3n) is 7.64. The average molecular weight is 532 g/mol. The largest absolute Gasteiger partial charge is 0.339 e. The molecule has 2 N–H and O–H groups in total. The molecule has 1 saturated heterocycles. The molecule has 0 bridgehead atoms. The third-order valence-corrected chi connectivity index (χ3v) is 8.55. The molecule has 1 amide bonds. The first-order chi connectivity index (χ1) is 17.8. The Balaban J connectivity index is 1.22. The fourth-order valence-electron chi connectivity index (χ4n) is 5.28. The number of halogens is 1. The summed E-state index contributed by atoms with van der Waals surface area (Å²) in [6.45, 7) is 1.08. The van der Waals surface area contributed by atoms with Crippen LogP contribution in [0.2, 0.25) is 0 Å². The van der Waals surface area contributed by atoms with Crippen molar-refractivity contribution in [3.63, 3.8) is 0 Å². The Morgan fingerprint density at radius 2 is 1.76 bits per heavy atom. The highest BCUT2D eigenvalue weighted by atomic mass is 32.2. The number of rotatable bonds is 8. The van der Waals surface area contributed by atoms with Crippen LogP contribution in [0.4, 0.5) is 4.39 Å². The minimum Gasteiger partial charge on any atom is -0.339 e. The standard InChI is InChI=1S/C27H34FN3O5S/c28-24-9-8-23(37(29,33)34)15-20(24)14-18-10-12-31(13-11-18)27(32)21-16-25(19-6-7-19)30-26(17-21)36-35-22-4-2-1-3-5-22/h8-9,15-19,22H,1-7,10-14H2,(H2,29,33,34). The summed E-state index contributed by atoms with van der Waals surface area (Å²) in [5.74, 6) is 0.305. The Hall–Kier alpha value is -2.56. The summed E-state index contributed by atoms with van der Waals surface area (Å²) >= 11 is 0. The molecular formula is C27H34FN3O5S. The molecule has 1 aliphatic heterocycles. The number of pyridine rings is 1. The van der Waals surface area contributed by atoms with Gasteiger partial charge >= 0.3 is 0 Å². The van der Waals surface area contributed by atoms with Crippen molar-refractivity contribution in [2.24, 2.45) is 11.1 Å². The van der Waals surface area contributed by atoms with Gasteiger partial charge in [-0.2, -0.15) is 4.89 Å².